The molecule has 0 fully saturated rings. The Labute approximate surface area is 171 Å². The first kappa shape index (κ1) is 20.2. The van der Waals surface area contributed by atoms with Gasteiger partial charge in [0.15, 0.2) is 5.69 Å². The lowest BCUT2D eigenvalue weighted by Gasteiger charge is -2.12. The van der Waals surface area contributed by atoms with Gasteiger partial charge < -0.3 is 0 Å². The van der Waals surface area contributed by atoms with Crippen molar-refractivity contribution in [2.75, 3.05) is 5.32 Å². The highest BCUT2D eigenvalue weighted by Crippen LogP contribution is 2.28. The molecule has 2 heterocycles. The van der Waals surface area contributed by atoms with E-state index in [-0.39, 0.29) is 5.69 Å². The minimum atomic E-state index is -0.627. The predicted molar refractivity (Wildman–Crippen MR) is 111 cm³/mol. The molecule has 28 heavy (non-hydrogen) atoms. The Morgan fingerprint density at radius 3 is 2.64 bits per heavy atom. The first-order chi connectivity index (χ1) is 13.4. The molecule has 1 amide bonds. The third kappa shape index (κ3) is 4.13. The summed E-state index contributed by atoms with van der Waals surface area (Å²) in [4.78, 5) is 25.0. The second-order valence-corrected chi connectivity index (χ2v) is 7.69. The highest BCUT2D eigenvalue weighted by atomic mass is 35.5. The van der Waals surface area contributed by atoms with Crippen LogP contribution in [0.25, 0.3) is 5.69 Å². The molecule has 0 unspecified atom stereocenters. The number of anilines is 1. The minimum absolute atomic E-state index is 0.232. The van der Waals surface area contributed by atoms with Crippen LogP contribution in [0.5, 0.6) is 0 Å². The van der Waals surface area contributed by atoms with Crippen LogP contribution in [0.2, 0.25) is 5.02 Å². The number of hydrogen-bond donors (Lipinski definition) is 1. The lowest BCUT2D eigenvalue weighted by Crippen LogP contribution is -2.27. The van der Waals surface area contributed by atoms with Gasteiger partial charge in [-0.05, 0) is 31.9 Å². The summed E-state index contributed by atoms with van der Waals surface area (Å²) in [6, 6.07) is 8.45. The zero-order chi connectivity index (χ0) is 20.3. The molecule has 1 N–H and O–H groups in total. The number of carbonyl (C=O) groups is 1. The van der Waals surface area contributed by atoms with Gasteiger partial charge in [-0.3, -0.25) is 14.9 Å². The Hall–Kier alpha value is -2.58. The Morgan fingerprint density at radius 2 is 1.96 bits per heavy atom. The number of para-hydroxylation sites is 1. The van der Waals surface area contributed by atoms with Gasteiger partial charge in [0.05, 0.1) is 10.7 Å². The van der Waals surface area contributed by atoms with Crippen molar-refractivity contribution in [2.45, 2.75) is 39.5 Å². The van der Waals surface area contributed by atoms with Gasteiger partial charge in [-0.1, -0.05) is 48.9 Å². The van der Waals surface area contributed by atoms with E-state index in [4.69, 9.17) is 11.6 Å². The number of nitrogens with one attached hydrogen (secondary N) is 1. The van der Waals surface area contributed by atoms with Gasteiger partial charge in [0.25, 0.3) is 5.91 Å². The van der Waals surface area contributed by atoms with Crippen LogP contribution in [0, 0.1) is 6.92 Å². The molecule has 0 aliphatic rings. The molecule has 146 valence electrons. The van der Waals surface area contributed by atoms with Crippen molar-refractivity contribution in [3.05, 3.63) is 62.0 Å². The van der Waals surface area contributed by atoms with Crippen LogP contribution >= 0.6 is 22.9 Å². The van der Waals surface area contributed by atoms with Crippen molar-refractivity contribution in [3.8, 4) is 5.69 Å². The van der Waals surface area contributed by atoms with E-state index in [2.05, 4.69) is 34.5 Å². The van der Waals surface area contributed by atoms with E-state index in [1.807, 2.05) is 0 Å². The van der Waals surface area contributed by atoms with E-state index in [0.29, 0.717) is 27.5 Å². The van der Waals surface area contributed by atoms with Crippen LogP contribution < -0.4 is 10.7 Å². The first-order valence-corrected chi connectivity index (χ1v) is 10.1. The summed E-state index contributed by atoms with van der Waals surface area (Å²) < 4.78 is 1.48. The van der Waals surface area contributed by atoms with Crippen LogP contribution in [-0.4, -0.2) is 25.9 Å². The second-order valence-electron chi connectivity index (χ2n) is 6.27. The molecule has 0 saturated heterocycles. The second kappa shape index (κ2) is 8.62. The SMILES string of the molecule is CCC(CC)c1nnc(NC(=O)c2nn(-c3ccccc3Cl)c(C)cc2=O)s1. The molecular formula is C19H20ClN5O2S. The van der Waals surface area contributed by atoms with E-state index in [1.54, 1.807) is 31.2 Å². The maximum Gasteiger partial charge on any atom is 0.282 e. The average molecular weight is 418 g/mol. The van der Waals surface area contributed by atoms with Crippen molar-refractivity contribution in [2.24, 2.45) is 0 Å². The highest BCUT2D eigenvalue weighted by Gasteiger charge is 2.19. The predicted octanol–water partition coefficient (Wildman–Crippen LogP) is 4.20. The van der Waals surface area contributed by atoms with Crippen LogP contribution in [0.3, 0.4) is 0 Å². The number of halogens is 1. The van der Waals surface area contributed by atoms with Gasteiger partial charge >= 0.3 is 0 Å². The largest absolute Gasteiger partial charge is 0.295 e. The summed E-state index contributed by atoms with van der Waals surface area (Å²) in [7, 11) is 0. The molecule has 3 aromatic rings. The van der Waals surface area contributed by atoms with Crippen molar-refractivity contribution in [1.82, 2.24) is 20.0 Å². The Balaban J connectivity index is 1.91. The third-order valence-electron chi connectivity index (χ3n) is 4.40. The third-order valence-corrected chi connectivity index (χ3v) is 5.72. The number of carbonyl (C=O) groups excluding carboxylic acids is 1. The summed E-state index contributed by atoms with van der Waals surface area (Å²) in [6.07, 6.45) is 1.89. The zero-order valence-corrected chi connectivity index (χ0v) is 17.3. The van der Waals surface area contributed by atoms with Gasteiger partial charge in [-0.15, -0.1) is 10.2 Å². The van der Waals surface area contributed by atoms with E-state index in [1.165, 1.54) is 22.1 Å². The number of amides is 1. The fourth-order valence-electron chi connectivity index (χ4n) is 2.82. The molecule has 0 radical (unpaired) electrons. The maximum absolute atomic E-state index is 12.7. The van der Waals surface area contributed by atoms with Crippen molar-refractivity contribution >= 4 is 34.0 Å². The molecule has 3 rings (SSSR count). The van der Waals surface area contributed by atoms with E-state index >= 15 is 0 Å². The quantitative estimate of drug-likeness (QED) is 0.649. The Kier molecular flexibility index (Phi) is 6.21. The van der Waals surface area contributed by atoms with Crippen molar-refractivity contribution < 1.29 is 4.79 Å². The number of aromatic nitrogens is 4. The van der Waals surface area contributed by atoms with Crippen LogP contribution in [0.4, 0.5) is 5.13 Å². The van der Waals surface area contributed by atoms with Crippen LogP contribution in [0.15, 0.2) is 35.1 Å². The number of aryl methyl sites for hydroxylation is 1. The van der Waals surface area contributed by atoms with Gasteiger partial charge in [-0.25, -0.2) is 4.68 Å². The molecule has 0 bridgehead atoms. The molecule has 0 aliphatic heterocycles. The smallest absolute Gasteiger partial charge is 0.282 e. The number of rotatable bonds is 6. The number of benzene rings is 1. The zero-order valence-electron chi connectivity index (χ0n) is 15.8. The van der Waals surface area contributed by atoms with Gasteiger partial charge in [0.1, 0.15) is 5.01 Å². The average Bonchev–Trinajstić information content (AvgIpc) is 3.12. The normalized spacial score (nSPS) is 11.0. The minimum Gasteiger partial charge on any atom is -0.295 e. The summed E-state index contributed by atoms with van der Waals surface area (Å²) in [6.45, 7) is 5.90. The molecule has 2 aromatic heterocycles. The molecule has 0 spiro atoms. The van der Waals surface area contributed by atoms with E-state index < -0.39 is 11.3 Å². The fourth-order valence-corrected chi connectivity index (χ4v) is 4.04. The van der Waals surface area contributed by atoms with Gasteiger partial charge in [0, 0.05) is 17.7 Å². The summed E-state index contributed by atoms with van der Waals surface area (Å²) in [5.74, 6) is -0.323. The van der Waals surface area contributed by atoms with Crippen molar-refractivity contribution in [3.63, 3.8) is 0 Å². The van der Waals surface area contributed by atoms with Gasteiger partial charge in [0.2, 0.25) is 10.6 Å². The summed E-state index contributed by atoms with van der Waals surface area (Å²) >= 11 is 7.55. The van der Waals surface area contributed by atoms with Crippen molar-refractivity contribution in [1.29, 1.82) is 0 Å². The van der Waals surface area contributed by atoms with Crippen LogP contribution in [-0.2, 0) is 0 Å². The molecular weight excluding hydrogens is 398 g/mol. The van der Waals surface area contributed by atoms with E-state index in [9.17, 15) is 9.59 Å². The Bertz CT molecular complexity index is 1060. The molecule has 0 atom stereocenters. The van der Waals surface area contributed by atoms with Gasteiger partial charge in [-0.2, -0.15) is 5.10 Å². The molecule has 7 nitrogen and oxygen atoms in total. The molecule has 1 aromatic carbocycles. The topological polar surface area (TPSA) is 89.8 Å². The fraction of sp³-hybridized carbons (Fsp3) is 0.316. The Morgan fingerprint density at radius 1 is 1.25 bits per heavy atom. The number of hydrogen-bond acceptors (Lipinski definition) is 6. The lowest BCUT2D eigenvalue weighted by atomic mass is 10.1. The summed E-state index contributed by atoms with van der Waals surface area (Å²) in [5.41, 5.74) is 0.456. The number of nitrogens with zero attached hydrogens (tertiary/aromatic N) is 4. The summed E-state index contributed by atoms with van der Waals surface area (Å²) in [5, 5.41) is 16.7. The van der Waals surface area contributed by atoms with Crippen LogP contribution in [0.1, 0.15) is 53.8 Å². The standard InChI is InChI=1S/C19H20ClN5O2S/c1-4-12(5-2)18-22-23-19(28-18)21-17(27)16-15(26)10-11(3)25(24-16)14-9-7-6-8-13(14)20/h6-10,12H,4-5H2,1-3H3,(H,21,23,27). The van der Waals surface area contributed by atoms with E-state index in [0.717, 1.165) is 17.8 Å². The molecule has 0 saturated carbocycles. The molecule has 9 heteroatoms. The lowest BCUT2D eigenvalue weighted by molar-refractivity contribution is 0.101. The first-order valence-electron chi connectivity index (χ1n) is 8.95. The highest BCUT2D eigenvalue weighted by molar-refractivity contribution is 7.15. The monoisotopic (exact) mass is 417 g/mol. The molecule has 0 aliphatic carbocycles. The maximum atomic E-state index is 12.7.